The summed E-state index contributed by atoms with van der Waals surface area (Å²) in [5.41, 5.74) is 4.41. The zero-order valence-corrected chi connectivity index (χ0v) is 14.4. The third-order valence-corrected chi connectivity index (χ3v) is 4.72. The van der Waals surface area contributed by atoms with Crippen LogP contribution in [0.25, 0.3) is 0 Å². The second-order valence-corrected chi connectivity index (χ2v) is 6.90. The average molecular weight is 346 g/mol. The maximum Gasteiger partial charge on any atom is 0.252 e. The molecular weight excluding hydrogens is 324 g/mol. The Morgan fingerprint density at radius 1 is 1.30 bits per heavy atom. The molecule has 0 unspecified atom stereocenters. The summed E-state index contributed by atoms with van der Waals surface area (Å²) in [6.07, 6.45) is 0. The Hall–Kier alpha value is -1.68. The van der Waals surface area contributed by atoms with Gasteiger partial charge in [0.2, 0.25) is 10.0 Å². The summed E-state index contributed by atoms with van der Waals surface area (Å²) in [6, 6.07) is 3.87. The van der Waals surface area contributed by atoms with Crippen LogP contribution in [-0.2, 0) is 19.5 Å². The molecule has 1 rings (SSSR count). The van der Waals surface area contributed by atoms with Crippen molar-refractivity contribution in [2.45, 2.75) is 17.4 Å². The minimum Gasteiger partial charge on any atom is -0.496 e. The lowest BCUT2D eigenvalue weighted by Crippen LogP contribution is -2.45. The third-order valence-electron chi connectivity index (χ3n) is 3.33. The largest absolute Gasteiger partial charge is 0.496 e. The molecule has 0 radical (unpaired) electrons. The highest BCUT2D eigenvalue weighted by molar-refractivity contribution is 7.89. The molecule has 9 heteroatoms. The Labute approximate surface area is 136 Å². The first-order valence-electron chi connectivity index (χ1n) is 6.70. The van der Waals surface area contributed by atoms with Crippen molar-refractivity contribution < 1.29 is 27.4 Å². The lowest BCUT2D eigenvalue weighted by Gasteiger charge is -2.27. The first-order chi connectivity index (χ1) is 10.7. The molecule has 3 N–H and O–H groups in total. The number of methoxy groups -OCH3 is 3. The highest BCUT2D eigenvalue weighted by Gasteiger charge is 2.27. The molecule has 1 aromatic carbocycles. The summed E-state index contributed by atoms with van der Waals surface area (Å²) in [7, 11) is 0.471. The molecule has 8 nitrogen and oxygen atoms in total. The molecule has 0 saturated heterocycles. The molecule has 0 spiro atoms. The summed E-state index contributed by atoms with van der Waals surface area (Å²) in [5.74, 6) is -0.572. The van der Waals surface area contributed by atoms with E-state index < -0.39 is 21.5 Å². The van der Waals surface area contributed by atoms with Crippen LogP contribution in [0.3, 0.4) is 0 Å². The van der Waals surface area contributed by atoms with E-state index in [1.165, 1.54) is 39.5 Å². The molecule has 1 amide bonds. The molecule has 0 bridgehead atoms. The van der Waals surface area contributed by atoms with Crippen molar-refractivity contribution in [3.8, 4) is 5.75 Å². The first-order valence-corrected chi connectivity index (χ1v) is 8.19. The summed E-state index contributed by atoms with van der Waals surface area (Å²) < 4.78 is 42.4. The van der Waals surface area contributed by atoms with E-state index in [-0.39, 0.29) is 29.4 Å². The lowest BCUT2D eigenvalue weighted by atomic mass is 10.1. The number of primary amides is 1. The molecule has 0 fully saturated rings. The van der Waals surface area contributed by atoms with Crippen LogP contribution in [-0.4, -0.2) is 54.4 Å². The Balaban J connectivity index is 3.05. The maximum atomic E-state index is 12.4. The van der Waals surface area contributed by atoms with Gasteiger partial charge in [0.1, 0.15) is 11.4 Å². The number of carbonyl (C=O) groups excluding carboxylic acids is 1. The fraction of sp³-hybridized carbons (Fsp3) is 0.500. The number of sulfonamides is 1. The third kappa shape index (κ3) is 4.90. The number of ether oxygens (including phenoxy) is 3. The molecule has 0 aliphatic rings. The monoisotopic (exact) mass is 346 g/mol. The van der Waals surface area contributed by atoms with Gasteiger partial charge in [-0.3, -0.25) is 4.79 Å². The molecule has 0 aliphatic carbocycles. The van der Waals surface area contributed by atoms with Gasteiger partial charge in [-0.25, -0.2) is 13.1 Å². The van der Waals surface area contributed by atoms with Gasteiger partial charge in [0.25, 0.3) is 5.91 Å². The minimum absolute atomic E-state index is 0.00237. The van der Waals surface area contributed by atoms with Crippen LogP contribution in [0.5, 0.6) is 5.75 Å². The summed E-state index contributed by atoms with van der Waals surface area (Å²) in [5, 5.41) is 0. The van der Waals surface area contributed by atoms with Crippen LogP contribution >= 0.6 is 0 Å². The normalized spacial score (nSPS) is 14.3. The van der Waals surface area contributed by atoms with E-state index in [9.17, 15) is 13.2 Å². The smallest absolute Gasteiger partial charge is 0.252 e. The molecule has 0 heterocycles. The van der Waals surface area contributed by atoms with E-state index in [4.69, 9.17) is 19.9 Å². The number of carbonyl (C=O) groups is 1. The van der Waals surface area contributed by atoms with Gasteiger partial charge in [-0.15, -0.1) is 0 Å². The molecule has 1 atom stereocenters. The molecule has 1 aromatic rings. The SMILES string of the molecule is COC[C@@](C)(CNS(=O)(=O)c1ccc(OC)c(C(N)=O)c1)OC. The molecule has 23 heavy (non-hydrogen) atoms. The second kappa shape index (κ2) is 7.73. The highest BCUT2D eigenvalue weighted by Crippen LogP contribution is 2.22. The van der Waals surface area contributed by atoms with E-state index in [0.717, 1.165) is 0 Å². The van der Waals surface area contributed by atoms with E-state index >= 15 is 0 Å². The summed E-state index contributed by atoms with van der Waals surface area (Å²) in [6.45, 7) is 1.92. The second-order valence-electron chi connectivity index (χ2n) is 5.14. The number of benzene rings is 1. The van der Waals surface area contributed by atoms with Crippen LogP contribution in [0.4, 0.5) is 0 Å². The zero-order chi connectivity index (χ0) is 17.7. The van der Waals surface area contributed by atoms with E-state index in [2.05, 4.69) is 4.72 Å². The van der Waals surface area contributed by atoms with Crippen LogP contribution < -0.4 is 15.2 Å². The van der Waals surface area contributed by atoms with Gasteiger partial charge in [-0.2, -0.15) is 0 Å². The van der Waals surface area contributed by atoms with E-state index in [0.29, 0.717) is 0 Å². The van der Waals surface area contributed by atoms with Crippen molar-refractivity contribution in [1.29, 1.82) is 0 Å². The number of hydrogen-bond acceptors (Lipinski definition) is 6. The Morgan fingerprint density at radius 3 is 2.43 bits per heavy atom. The van der Waals surface area contributed by atoms with Crippen molar-refractivity contribution in [2.24, 2.45) is 5.73 Å². The molecule has 130 valence electrons. The van der Waals surface area contributed by atoms with Crippen molar-refractivity contribution in [3.63, 3.8) is 0 Å². The van der Waals surface area contributed by atoms with E-state index in [1.807, 2.05) is 0 Å². The summed E-state index contributed by atoms with van der Waals surface area (Å²) in [4.78, 5) is 11.3. The van der Waals surface area contributed by atoms with Gasteiger partial charge >= 0.3 is 0 Å². The molecular formula is C14H22N2O6S. The highest BCUT2D eigenvalue weighted by atomic mass is 32.2. The molecule has 0 aliphatic heterocycles. The standard InChI is InChI=1S/C14H22N2O6S/c1-14(22-4,9-20-2)8-16-23(18,19)10-5-6-12(21-3)11(7-10)13(15)17/h5-7,16H,8-9H2,1-4H3,(H2,15,17)/t14-/m1/s1. The number of amides is 1. The topological polar surface area (TPSA) is 117 Å². The average Bonchev–Trinajstić information content (AvgIpc) is 2.52. The van der Waals surface area contributed by atoms with Crippen LogP contribution in [0.1, 0.15) is 17.3 Å². The lowest BCUT2D eigenvalue weighted by molar-refractivity contribution is -0.0460. The Morgan fingerprint density at radius 2 is 1.96 bits per heavy atom. The number of nitrogens with two attached hydrogens (primary N) is 1. The van der Waals surface area contributed by atoms with Crippen molar-refractivity contribution in [2.75, 3.05) is 34.5 Å². The minimum atomic E-state index is -3.85. The van der Waals surface area contributed by atoms with Gasteiger partial charge in [0.15, 0.2) is 0 Å². The fourth-order valence-corrected chi connectivity index (χ4v) is 3.05. The van der Waals surface area contributed by atoms with Crippen molar-refractivity contribution in [3.05, 3.63) is 23.8 Å². The predicted octanol–water partition coefficient (Wildman–Crippen LogP) is 0.124. The van der Waals surface area contributed by atoms with Crippen molar-refractivity contribution in [1.82, 2.24) is 4.72 Å². The first kappa shape index (κ1) is 19.4. The van der Waals surface area contributed by atoms with Gasteiger partial charge < -0.3 is 19.9 Å². The van der Waals surface area contributed by atoms with Crippen LogP contribution in [0.15, 0.2) is 23.1 Å². The predicted molar refractivity (Wildman–Crippen MR) is 84.0 cm³/mol. The van der Waals surface area contributed by atoms with Crippen LogP contribution in [0.2, 0.25) is 0 Å². The molecule has 0 saturated carbocycles. The fourth-order valence-electron chi connectivity index (χ4n) is 1.87. The Kier molecular flexibility index (Phi) is 6.51. The van der Waals surface area contributed by atoms with Gasteiger partial charge in [0, 0.05) is 20.8 Å². The van der Waals surface area contributed by atoms with Gasteiger partial charge in [-0.05, 0) is 25.1 Å². The van der Waals surface area contributed by atoms with E-state index in [1.54, 1.807) is 6.92 Å². The summed E-state index contributed by atoms with van der Waals surface area (Å²) >= 11 is 0. The zero-order valence-electron chi connectivity index (χ0n) is 13.6. The number of rotatable bonds is 9. The quantitative estimate of drug-likeness (QED) is 0.656. The van der Waals surface area contributed by atoms with Crippen LogP contribution in [0, 0.1) is 0 Å². The maximum absolute atomic E-state index is 12.4. The number of hydrogen-bond donors (Lipinski definition) is 2. The molecule has 0 aromatic heterocycles. The number of nitrogens with one attached hydrogen (secondary N) is 1. The van der Waals surface area contributed by atoms with Crippen molar-refractivity contribution >= 4 is 15.9 Å². The van der Waals surface area contributed by atoms with Gasteiger partial charge in [0.05, 0.1) is 24.2 Å². The van der Waals surface area contributed by atoms with Gasteiger partial charge in [-0.1, -0.05) is 0 Å². The Bertz CT molecular complexity index is 661.